The summed E-state index contributed by atoms with van der Waals surface area (Å²) in [6.07, 6.45) is -0.0953. The summed E-state index contributed by atoms with van der Waals surface area (Å²) < 4.78 is 17.5. The second kappa shape index (κ2) is 11.9. The van der Waals surface area contributed by atoms with Gasteiger partial charge in [0.15, 0.2) is 0 Å². The number of nitrogens with one attached hydrogen (secondary N) is 1. The predicted molar refractivity (Wildman–Crippen MR) is 144 cm³/mol. The number of rotatable bonds is 9. The van der Waals surface area contributed by atoms with Gasteiger partial charge in [0.25, 0.3) is 5.17 Å². The van der Waals surface area contributed by atoms with Crippen molar-refractivity contribution in [2.45, 2.75) is 32.3 Å². The van der Waals surface area contributed by atoms with Crippen LogP contribution in [0.3, 0.4) is 0 Å². The van der Waals surface area contributed by atoms with Gasteiger partial charge in [0, 0.05) is 38.1 Å². The lowest BCUT2D eigenvalue weighted by Crippen LogP contribution is -2.29. The summed E-state index contributed by atoms with van der Waals surface area (Å²) in [4.78, 5) is 1.82. The minimum Gasteiger partial charge on any atom is -0.491 e. The Labute approximate surface area is 208 Å². The van der Waals surface area contributed by atoms with Gasteiger partial charge in [-0.25, -0.2) is 0 Å². The Hall–Kier alpha value is -3.09. The first-order valence-corrected chi connectivity index (χ1v) is 11.8. The molecule has 0 radical (unpaired) electrons. The molecule has 0 amide bonds. The van der Waals surface area contributed by atoms with Gasteiger partial charge in [-0.3, -0.25) is 0 Å². The molecule has 0 aliphatic heterocycles. The second-order valence-electron chi connectivity index (χ2n) is 9.11. The van der Waals surface area contributed by atoms with E-state index >= 15 is 0 Å². The summed E-state index contributed by atoms with van der Waals surface area (Å²) >= 11 is 5.53. The third-order valence-electron chi connectivity index (χ3n) is 5.48. The standard InChI is InChI=1S/C28H34N2O3S/c1-28(2,3)21-14-16-24(17-15-21)33-27(34)30(4)23-12-9-13-25(18-23)32-20-26(31-5)19-29-22-10-7-6-8-11-22/h6-18,26,29H,19-20H2,1-5H3. The number of hydrogen-bond donors (Lipinski definition) is 1. The predicted octanol–water partition coefficient (Wildman–Crippen LogP) is 6.29. The van der Waals surface area contributed by atoms with Crippen LogP contribution in [0.15, 0.2) is 78.9 Å². The van der Waals surface area contributed by atoms with Crippen LogP contribution in [0, 0.1) is 0 Å². The molecule has 3 rings (SSSR count). The first kappa shape index (κ1) is 25.5. The van der Waals surface area contributed by atoms with E-state index in [-0.39, 0.29) is 11.5 Å². The third kappa shape index (κ3) is 7.47. The maximum Gasteiger partial charge on any atom is 0.269 e. The first-order valence-electron chi connectivity index (χ1n) is 11.4. The van der Waals surface area contributed by atoms with Crippen LogP contribution in [0.5, 0.6) is 11.5 Å². The summed E-state index contributed by atoms with van der Waals surface area (Å²) in [6, 6.07) is 25.9. The highest BCUT2D eigenvalue weighted by molar-refractivity contribution is 7.80. The summed E-state index contributed by atoms with van der Waals surface area (Å²) in [6.45, 7) is 7.62. The number of thiocarbonyl (C=S) groups is 1. The Morgan fingerprint density at radius 2 is 1.65 bits per heavy atom. The van der Waals surface area contributed by atoms with Crippen LogP contribution in [0.1, 0.15) is 26.3 Å². The number of benzene rings is 3. The quantitative estimate of drug-likeness (QED) is 0.365. The summed E-state index contributed by atoms with van der Waals surface area (Å²) in [7, 11) is 3.57. The fraction of sp³-hybridized carbons (Fsp3) is 0.321. The zero-order chi connectivity index (χ0) is 24.6. The molecule has 1 atom stereocenters. The number of nitrogens with zero attached hydrogens (tertiary/aromatic N) is 1. The molecule has 0 aromatic heterocycles. The molecule has 0 spiro atoms. The minimum absolute atomic E-state index is 0.0930. The number of methoxy groups -OCH3 is 1. The number of para-hydroxylation sites is 1. The maximum absolute atomic E-state index is 6.01. The number of anilines is 2. The smallest absolute Gasteiger partial charge is 0.269 e. The Morgan fingerprint density at radius 1 is 0.941 bits per heavy atom. The highest BCUT2D eigenvalue weighted by Gasteiger charge is 2.15. The van der Waals surface area contributed by atoms with E-state index in [0.29, 0.717) is 24.1 Å². The van der Waals surface area contributed by atoms with Crippen molar-refractivity contribution >= 4 is 28.8 Å². The van der Waals surface area contributed by atoms with E-state index in [9.17, 15) is 0 Å². The summed E-state index contributed by atoms with van der Waals surface area (Å²) in [5, 5.41) is 3.73. The van der Waals surface area contributed by atoms with Gasteiger partial charge in [0.05, 0.1) is 0 Å². The topological polar surface area (TPSA) is 43.0 Å². The number of ether oxygens (including phenoxy) is 3. The Balaban J connectivity index is 1.55. The molecule has 0 heterocycles. The van der Waals surface area contributed by atoms with Gasteiger partial charge >= 0.3 is 0 Å². The van der Waals surface area contributed by atoms with Crippen molar-refractivity contribution in [3.63, 3.8) is 0 Å². The van der Waals surface area contributed by atoms with E-state index < -0.39 is 0 Å². The van der Waals surface area contributed by atoms with Crippen LogP contribution in [0.4, 0.5) is 11.4 Å². The molecule has 6 heteroatoms. The molecule has 0 saturated heterocycles. The molecule has 3 aromatic rings. The van der Waals surface area contributed by atoms with E-state index in [1.807, 2.05) is 78.7 Å². The Morgan fingerprint density at radius 3 is 2.29 bits per heavy atom. The average Bonchev–Trinajstić information content (AvgIpc) is 2.84. The van der Waals surface area contributed by atoms with Gasteiger partial charge in [0.1, 0.15) is 24.2 Å². The SMILES string of the molecule is COC(CNc1ccccc1)COc1cccc(N(C)C(=S)Oc2ccc(C(C)(C)C)cc2)c1. The van der Waals surface area contributed by atoms with Crippen molar-refractivity contribution in [2.24, 2.45) is 0 Å². The zero-order valence-electron chi connectivity index (χ0n) is 20.6. The van der Waals surface area contributed by atoms with Crippen LogP contribution in [0.2, 0.25) is 0 Å². The van der Waals surface area contributed by atoms with Gasteiger partial charge in [-0.1, -0.05) is 57.2 Å². The monoisotopic (exact) mass is 478 g/mol. The Kier molecular flexibility index (Phi) is 8.91. The molecule has 3 aromatic carbocycles. The molecule has 0 saturated carbocycles. The molecule has 180 valence electrons. The van der Waals surface area contributed by atoms with Crippen LogP contribution in [-0.2, 0) is 10.2 Å². The first-order chi connectivity index (χ1) is 16.3. The highest BCUT2D eigenvalue weighted by atomic mass is 32.1. The van der Waals surface area contributed by atoms with Gasteiger partial charge in [0.2, 0.25) is 0 Å². The minimum atomic E-state index is -0.0953. The van der Waals surface area contributed by atoms with E-state index in [1.165, 1.54) is 5.56 Å². The van der Waals surface area contributed by atoms with E-state index in [0.717, 1.165) is 17.1 Å². The molecule has 1 N–H and O–H groups in total. The highest BCUT2D eigenvalue weighted by Crippen LogP contribution is 2.26. The molecular weight excluding hydrogens is 444 g/mol. The van der Waals surface area contributed by atoms with Crippen LogP contribution >= 0.6 is 12.2 Å². The van der Waals surface area contributed by atoms with Crippen molar-refractivity contribution < 1.29 is 14.2 Å². The second-order valence-corrected chi connectivity index (χ2v) is 9.46. The van der Waals surface area contributed by atoms with Crippen molar-refractivity contribution in [1.29, 1.82) is 0 Å². The van der Waals surface area contributed by atoms with Crippen LogP contribution in [0.25, 0.3) is 0 Å². The fourth-order valence-electron chi connectivity index (χ4n) is 3.27. The van der Waals surface area contributed by atoms with E-state index in [1.54, 1.807) is 7.11 Å². The van der Waals surface area contributed by atoms with E-state index in [2.05, 4.69) is 38.2 Å². The van der Waals surface area contributed by atoms with Gasteiger partial charge in [-0.2, -0.15) is 0 Å². The number of hydrogen-bond acceptors (Lipinski definition) is 5. The molecule has 0 aliphatic carbocycles. The van der Waals surface area contributed by atoms with Crippen molar-refractivity contribution in [1.82, 2.24) is 0 Å². The molecule has 5 nitrogen and oxygen atoms in total. The maximum atomic E-state index is 6.01. The molecule has 34 heavy (non-hydrogen) atoms. The molecule has 0 fully saturated rings. The zero-order valence-corrected chi connectivity index (χ0v) is 21.4. The fourth-order valence-corrected chi connectivity index (χ4v) is 3.47. The van der Waals surface area contributed by atoms with Gasteiger partial charge in [-0.15, -0.1) is 0 Å². The third-order valence-corrected chi connectivity index (χ3v) is 5.84. The summed E-state index contributed by atoms with van der Waals surface area (Å²) in [5.41, 5.74) is 3.27. The normalized spacial score (nSPS) is 12.0. The van der Waals surface area contributed by atoms with Crippen LogP contribution in [-0.4, -0.2) is 38.6 Å². The van der Waals surface area contributed by atoms with Crippen molar-refractivity contribution in [3.05, 3.63) is 84.4 Å². The van der Waals surface area contributed by atoms with Gasteiger partial charge in [-0.05, 0) is 59.6 Å². The largest absolute Gasteiger partial charge is 0.491 e. The van der Waals surface area contributed by atoms with Crippen molar-refractivity contribution in [2.75, 3.05) is 37.5 Å². The molecule has 0 aliphatic rings. The van der Waals surface area contributed by atoms with Crippen molar-refractivity contribution in [3.8, 4) is 11.5 Å². The molecular formula is C28H34N2O3S. The summed E-state index contributed by atoms with van der Waals surface area (Å²) in [5.74, 6) is 1.45. The van der Waals surface area contributed by atoms with Crippen LogP contribution < -0.4 is 19.7 Å². The molecule has 0 bridgehead atoms. The lowest BCUT2D eigenvalue weighted by atomic mass is 9.87. The lowest BCUT2D eigenvalue weighted by molar-refractivity contribution is 0.0673. The van der Waals surface area contributed by atoms with Gasteiger partial charge < -0.3 is 24.4 Å². The average molecular weight is 479 g/mol. The lowest BCUT2D eigenvalue weighted by Gasteiger charge is -2.22. The molecule has 1 unspecified atom stereocenters. The van der Waals surface area contributed by atoms with E-state index in [4.69, 9.17) is 26.4 Å². The Bertz CT molecular complexity index is 1050.